The maximum Gasteiger partial charge on any atom is 0.296 e. The van der Waals surface area contributed by atoms with Gasteiger partial charge in [0.15, 0.2) is 0 Å². The van der Waals surface area contributed by atoms with Gasteiger partial charge in [-0.15, -0.1) is 0 Å². The van der Waals surface area contributed by atoms with E-state index in [9.17, 15) is 4.79 Å². The number of benzene rings is 4. The van der Waals surface area contributed by atoms with E-state index >= 15 is 0 Å². The van der Waals surface area contributed by atoms with Crippen molar-refractivity contribution in [1.29, 1.82) is 0 Å². The highest BCUT2D eigenvalue weighted by molar-refractivity contribution is 6.10. The second-order valence-corrected chi connectivity index (χ2v) is 7.83. The predicted molar refractivity (Wildman–Crippen MR) is 128 cm³/mol. The molecule has 0 aliphatic carbocycles. The van der Waals surface area contributed by atoms with Crippen LogP contribution in [-0.2, 0) is 17.8 Å². The van der Waals surface area contributed by atoms with E-state index in [2.05, 4.69) is 46.3 Å². The van der Waals surface area contributed by atoms with Gasteiger partial charge in [0.1, 0.15) is 0 Å². The van der Waals surface area contributed by atoms with E-state index < -0.39 is 0 Å². The molecule has 0 unspecified atom stereocenters. The van der Waals surface area contributed by atoms with E-state index in [0.29, 0.717) is 31.3 Å². The van der Waals surface area contributed by atoms with Gasteiger partial charge in [-0.3, -0.25) is 4.79 Å². The fourth-order valence-corrected chi connectivity index (χ4v) is 4.33. The molecule has 0 atom stereocenters. The van der Waals surface area contributed by atoms with Crippen LogP contribution in [-0.4, -0.2) is 23.4 Å². The van der Waals surface area contributed by atoms with Crippen LogP contribution < -0.4 is 0 Å². The van der Waals surface area contributed by atoms with Crippen LogP contribution in [0, 0.1) is 0 Å². The fraction of sp³-hybridized carbons (Fsp3) is 0.143. The lowest BCUT2D eigenvalue weighted by atomic mass is 9.97. The molecule has 5 rings (SSSR count). The van der Waals surface area contributed by atoms with E-state index in [1.807, 2.05) is 61.5 Å². The summed E-state index contributed by atoms with van der Waals surface area (Å²) in [7, 11) is 0. The van der Waals surface area contributed by atoms with Crippen LogP contribution in [0.1, 0.15) is 28.4 Å². The number of carbonyl (C=O) groups excluding carboxylic acids is 1. The van der Waals surface area contributed by atoms with Gasteiger partial charge in [0.05, 0.1) is 6.61 Å². The first-order chi connectivity index (χ1) is 15.7. The molecule has 0 saturated heterocycles. The molecule has 0 radical (unpaired) electrons. The third-order valence-electron chi connectivity index (χ3n) is 5.81. The lowest BCUT2D eigenvalue weighted by Crippen LogP contribution is -2.32. The molecule has 0 aromatic heterocycles. The van der Waals surface area contributed by atoms with Crippen molar-refractivity contribution in [2.45, 2.75) is 20.0 Å². The highest BCUT2D eigenvalue weighted by atomic mass is 16.5. The number of nitrogens with zero attached hydrogens (tertiary/aromatic N) is 2. The van der Waals surface area contributed by atoms with Gasteiger partial charge in [-0.2, -0.15) is 4.99 Å². The molecular weight excluding hydrogens is 396 g/mol. The first-order valence-corrected chi connectivity index (χ1v) is 10.9. The molecule has 1 amide bonds. The van der Waals surface area contributed by atoms with E-state index in [-0.39, 0.29) is 5.91 Å². The summed E-state index contributed by atoms with van der Waals surface area (Å²) >= 11 is 0. The Bertz CT molecular complexity index is 1270. The zero-order chi connectivity index (χ0) is 21.9. The first-order valence-electron chi connectivity index (χ1n) is 10.9. The summed E-state index contributed by atoms with van der Waals surface area (Å²) in [6.07, 6.45) is 0. The fourth-order valence-electron chi connectivity index (χ4n) is 4.33. The lowest BCUT2D eigenvalue weighted by Gasteiger charge is -2.24. The van der Waals surface area contributed by atoms with Gasteiger partial charge >= 0.3 is 0 Å². The SMILES string of the molecule is CCOC(=NC(=O)c1cccc2ccccc12)N1Cc2ccccc2-c2ccccc2C1. The summed E-state index contributed by atoms with van der Waals surface area (Å²) in [6.45, 7) is 3.58. The Kier molecular flexibility index (Phi) is 5.42. The maximum absolute atomic E-state index is 13.3. The van der Waals surface area contributed by atoms with Crippen molar-refractivity contribution >= 4 is 22.7 Å². The molecule has 0 saturated carbocycles. The molecule has 32 heavy (non-hydrogen) atoms. The summed E-state index contributed by atoms with van der Waals surface area (Å²) in [5.74, 6) is -0.295. The molecule has 4 heteroatoms. The first kappa shape index (κ1) is 20.0. The Labute approximate surface area is 187 Å². The lowest BCUT2D eigenvalue weighted by molar-refractivity contribution is 0.0994. The van der Waals surface area contributed by atoms with E-state index in [1.165, 1.54) is 22.3 Å². The number of rotatable bonds is 2. The van der Waals surface area contributed by atoms with Crippen molar-refractivity contribution in [1.82, 2.24) is 4.90 Å². The number of fused-ring (bicyclic) bond motifs is 4. The van der Waals surface area contributed by atoms with Gasteiger partial charge in [0.25, 0.3) is 11.9 Å². The van der Waals surface area contributed by atoms with Crippen molar-refractivity contribution in [3.63, 3.8) is 0 Å². The van der Waals surface area contributed by atoms with Crippen molar-refractivity contribution in [2.24, 2.45) is 4.99 Å². The van der Waals surface area contributed by atoms with Crippen LogP contribution >= 0.6 is 0 Å². The van der Waals surface area contributed by atoms with Crippen LogP contribution in [0.15, 0.2) is 96.0 Å². The molecule has 0 N–H and O–H groups in total. The van der Waals surface area contributed by atoms with Gasteiger partial charge in [-0.25, -0.2) is 0 Å². The topological polar surface area (TPSA) is 41.9 Å². The monoisotopic (exact) mass is 420 g/mol. The normalized spacial score (nSPS) is 13.3. The Morgan fingerprint density at radius 2 is 1.41 bits per heavy atom. The van der Waals surface area contributed by atoms with E-state index in [0.717, 1.165) is 10.8 Å². The predicted octanol–water partition coefficient (Wildman–Crippen LogP) is 6.06. The van der Waals surface area contributed by atoms with Crippen molar-refractivity contribution in [2.75, 3.05) is 6.61 Å². The number of amides is 1. The molecule has 0 spiro atoms. The Hall–Kier alpha value is -3.92. The molecule has 0 fully saturated rings. The average molecular weight is 421 g/mol. The number of amidine groups is 1. The molecule has 4 aromatic rings. The number of hydrogen-bond donors (Lipinski definition) is 0. The number of carbonyl (C=O) groups is 1. The molecule has 0 bridgehead atoms. The molecule has 4 nitrogen and oxygen atoms in total. The number of aliphatic imine (C=N–C) groups is 1. The highest BCUT2D eigenvalue weighted by Gasteiger charge is 2.23. The molecule has 4 aromatic carbocycles. The smallest absolute Gasteiger partial charge is 0.296 e. The average Bonchev–Trinajstić information content (AvgIpc) is 3.00. The summed E-state index contributed by atoms with van der Waals surface area (Å²) in [5.41, 5.74) is 5.37. The minimum absolute atomic E-state index is 0.295. The van der Waals surface area contributed by atoms with Gasteiger partial charge in [0.2, 0.25) is 0 Å². The van der Waals surface area contributed by atoms with Crippen LogP contribution in [0.3, 0.4) is 0 Å². The second-order valence-electron chi connectivity index (χ2n) is 7.83. The quantitative estimate of drug-likeness (QED) is 0.293. The summed E-state index contributed by atoms with van der Waals surface area (Å²) < 4.78 is 5.93. The zero-order valence-corrected chi connectivity index (χ0v) is 18.0. The Morgan fingerprint density at radius 1 is 0.812 bits per heavy atom. The standard InChI is InChI=1S/C28H24N2O2/c1-2-32-28(29-27(31)26-17-9-13-20-10-3-6-14-23(20)26)30-18-21-11-4-7-15-24(21)25-16-8-5-12-22(25)19-30/h3-17H,2,18-19H2,1H3. The van der Waals surface area contributed by atoms with Crippen LogP contribution in [0.2, 0.25) is 0 Å². The molecule has 158 valence electrons. The number of ether oxygens (including phenoxy) is 1. The number of hydrogen-bond acceptors (Lipinski definition) is 2. The van der Waals surface area contributed by atoms with Gasteiger partial charge in [-0.05, 0) is 46.0 Å². The third kappa shape index (κ3) is 3.76. The zero-order valence-electron chi connectivity index (χ0n) is 18.0. The summed E-state index contributed by atoms with van der Waals surface area (Å²) in [6, 6.07) is 30.7. The van der Waals surface area contributed by atoms with Crippen LogP contribution in [0.4, 0.5) is 0 Å². The van der Waals surface area contributed by atoms with Gasteiger partial charge < -0.3 is 9.64 Å². The van der Waals surface area contributed by atoms with Gasteiger partial charge in [-0.1, -0.05) is 84.9 Å². The Morgan fingerprint density at radius 3 is 2.09 bits per heavy atom. The van der Waals surface area contributed by atoms with Crippen LogP contribution in [0.25, 0.3) is 21.9 Å². The van der Waals surface area contributed by atoms with Crippen LogP contribution in [0.5, 0.6) is 0 Å². The second kappa shape index (κ2) is 8.67. The van der Waals surface area contributed by atoms with Crippen molar-refractivity contribution in [3.8, 4) is 11.1 Å². The molecule has 1 aliphatic rings. The Balaban J connectivity index is 1.57. The minimum Gasteiger partial charge on any atom is -0.465 e. The molecule has 1 aliphatic heterocycles. The molecule has 1 heterocycles. The third-order valence-corrected chi connectivity index (χ3v) is 5.81. The van der Waals surface area contributed by atoms with E-state index in [4.69, 9.17) is 4.74 Å². The summed E-state index contributed by atoms with van der Waals surface area (Å²) in [4.78, 5) is 19.8. The van der Waals surface area contributed by atoms with Crippen molar-refractivity contribution < 1.29 is 9.53 Å². The highest BCUT2D eigenvalue weighted by Crippen LogP contribution is 2.32. The largest absolute Gasteiger partial charge is 0.465 e. The maximum atomic E-state index is 13.3. The molecular formula is C28H24N2O2. The van der Waals surface area contributed by atoms with Gasteiger partial charge in [0, 0.05) is 18.7 Å². The van der Waals surface area contributed by atoms with E-state index in [1.54, 1.807) is 0 Å². The minimum atomic E-state index is -0.295. The van der Waals surface area contributed by atoms with Crippen molar-refractivity contribution in [3.05, 3.63) is 108 Å². The summed E-state index contributed by atoms with van der Waals surface area (Å²) in [5, 5.41) is 1.91.